The number of pyridine rings is 8. The van der Waals surface area contributed by atoms with Gasteiger partial charge in [0.25, 0.3) is 0 Å². The molecule has 0 saturated heterocycles. The van der Waals surface area contributed by atoms with E-state index >= 15 is 0 Å². The number of hydrogen-bond acceptors (Lipinski definition) is 8. The Morgan fingerprint density at radius 1 is 0.250 bits per heavy atom. The fraction of sp³-hybridized carbons (Fsp3) is 0.241. The minimum Gasteiger partial charge on any atom is -0.455 e. The first-order valence-corrected chi connectivity index (χ1v) is 44.8. The molecular weight excluding hydrogens is 1570 g/mol. The number of aromatic nitrogens is 8. The van der Waals surface area contributed by atoms with Crippen molar-refractivity contribution in [1.29, 1.82) is 0 Å². The Labute approximate surface area is 747 Å². The van der Waals surface area contributed by atoms with Crippen LogP contribution in [0.5, 0.6) is 0 Å². The molecule has 128 heavy (non-hydrogen) atoms. The van der Waals surface area contributed by atoms with Crippen molar-refractivity contribution >= 4 is 87.9 Å². The Morgan fingerprint density at radius 3 is 1.07 bits per heavy atom. The summed E-state index contributed by atoms with van der Waals surface area (Å²) in [5, 5.41) is 9.23. The summed E-state index contributed by atoms with van der Waals surface area (Å²) in [6.45, 7) is 44.1. The average molecular weight is 1680 g/mol. The highest BCUT2D eigenvalue weighted by molar-refractivity contribution is 6.16. The standard InChI is InChI=1S/4C29H27N2O/c1-16-9-10-20-21-12-11-19-22-8-7-13-30-28(22)29(4,5)25(19)27(21)32-26(20)24(16)23-14-17(2)18(3)15-31(23)6;1-16-9-10-19-22-13-23-21(20-8-7-11-30-28(20)29(23,4)5)14-25(22)32-27(19)26(16)24-12-17(2)18(3)15-31(24)6;1-16-9-10-19-22-13-21-20-8-7-11-30-28(20)29(4,5)23(21)14-25(22)32-27(19)26(16)24-12-17(2)18(3)15-31(24)6;1-16-11-12-19-21-14-23-26(20-9-7-8-10-22(20)29(23,4)5)30-28(21)32-27(19)25(16)24-13-17(2)18(3)15-31(24)6/h4*7-15H,1-6H3/q4*+1. The molecule has 0 aliphatic heterocycles. The van der Waals surface area contributed by atoms with Gasteiger partial charge in [-0.3, -0.25) is 15.0 Å². The van der Waals surface area contributed by atoms with Gasteiger partial charge in [0.1, 0.15) is 61.7 Å². The van der Waals surface area contributed by atoms with Gasteiger partial charge >= 0.3 is 0 Å². The van der Waals surface area contributed by atoms with E-state index in [1.807, 2.05) is 36.8 Å². The molecule has 12 heterocycles. The van der Waals surface area contributed by atoms with Gasteiger partial charge in [-0.05, 0) is 235 Å². The van der Waals surface area contributed by atoms with Crippen molar-refractivity contribution in [2.75, 3.05) is 0 Å². The summed E-state index contributed by atoms with van der Waals surface area (Å²) in [6, 6.07) is 63.9. The van der Waals surface area contributed by atoms with Crippen LogP contribution in [0.3, 0.4) is 0 Å². The smallest absolute Gasteiger partial charge is 0.227 e. The van der Waals surface area contributed by atoms with Crippen molar-refractivity contribution in [1.82, 2.24) is 19.9 Å². The van der Waals surface area contributed by atoms with Crippen LogP contribution in [0, 0.1) is 83.1 Å². The molecule has 0 spiro atoms. The molecular formula is C116H108N8O4+4. The monoisotopic (exact) mass is 1680 g/mol. The molecule has 4 aliphatic rings. The van der Waals surface area contributed by atoms with E-state index in [2.05, 4.69) is 367 Å². The number of hydrogen-bond donors (Lipinski definition) is 0. The highest BCUT2D eigenvalue weighted by Gasteiger charge is 2.44. The van der Waals surface area contributed by atoms with E-state index in [1.165, 1.54) is 194 Å². The normalized spacial score (nSPS) is 14.2. The Hall–Kier alpha value is -13.8. The minimum atomic E-state index is -0.209. The van der Waals surface area contributed by atoms with Gasteiger partial charge in [-0.15, -0.1) is 0 Å². The maximum absolute atomic E-state index is 6.81. The van der Waals surface area contributed by atoms with Crippen LogP contribution in [0.15, 0.2) is 237 Å². The predicted molar refractivity (Wildman–Crippen MR) is 520 cm³/mol. The molecule has 0 radical (unpaired) electrons. The molecule has 0 unspecified atom stereocenters. The molecule has 0 saturated carbocycles. The van der Waals surface area contributed by atoms with E-state index < -0.39 is 0 Å². The first-order chi connectivity index (χ1) is 61.1. The third-order valence-corrected chi connectivity index (χ3v) is 29.4. The summed E-state index contributed by atoms with van der Waals surface area (Å²) in [7, 11) is 8.45. The van der Waals surface area contributed by atoms with E-state index in [-0.39, 0.29) is 21.7 Å². The molecule has 12 nitrogen and oxygen atoms in total. The van der Waals surface area contributed by atoms with Crippen LogP contribution < -0.4 is 18.3 Å². The van der Waals surface area contributed by atoms with Crippen LogP contribution in [0.4, 0.5) is 0 Å². The van der Waals surface area contributed by atoms with Gasteiger partial charge in [-0.1, -0.05) is 139 Å². The average Bonchev–Trinajstić information content (AvgIpc) is 1.56. The summed E-state index contributed by atoms with van der Waals surface area (Å²) in [6.07, 6.45) is 14.5. The van der Waals surface area contributed by atoms with Crippen molar-refractivity contribution in [2.45, 2.75) is 160 Å². The first-order valence-electron chi connectivity index (χ1n) is 44.8. The zero-order valence-electron chi connectivity index (χ0n) is 78.0. The zero-order chi connectivity index (χ0) is 89.4. The molecule has 632 valence electrons. The van der Waals surface area contributed by atoms with E-state index in [0.29, 0.717) is 5.71 Å². The molecule has 0 fully saturated rings. The van der Waals surface area contributed by atoms with Gasteiger partial charge in [-0.25, -0.2) is 23.3 Å². The molecule has 8 aromatic carbocycles. The summed E-state index contributed by atoms with van der Waals surface area (Å²) in [5.41, 5.74) is 50.9. The first kappa shape index (κ1) is 81.2. The Bertz CT molecular complexity index is 7910. The lowest BCUT2D eigenvalue weighted by Gasteiger charge is -2.20. The second kappa shape index (κ2) is 28.8. The van der Waals surface area contributed by atoms with Crippen LogP contribution >= 0.6 is 0 Å². The van der Waals surface area contributed by atoms with E-state index in [9.17, 15) is 0 Å². The molecule has 20 aromatic rings. The van der Waals surface area contributed by atoms with E-state index in [1.54, 1.807) is 0 Å². The van der Waals surface area contributed by atoms with Gasteiger partial charge < -0.3 is 17.7 Å². The molecule has 0 bridgehead atoms. The Balaban J connectivity index is 0.000000104. The fourth-order valence-electron chi connectivity index (χ4n) is 21.8. The molecule has 12 aromatic heterocycles. The van der Waals surface area contributed by atoms with Crippen molar-refractivity contribution in [3.05, 3.63) is 331 Å². The van der Waals surface area contributed by atoms with Crippen LogP contribution in [-0.4, -0.2) is 19.9 Å². The van der Waals surface area contributed by atoms with Crippen LogP contribution in [0.25, 0.3) is 178 Å². The lowest BCUT2D eigenvalue weighted by molar-refractivity contribution is -0.660. The highest BCUT2D eigenvalue weighted by atomic mass is 16.3. The lowest BCUT2D eigenvalue weighted by Crippen LogP contribution is -2.31. The molecule has 24 rings (SSSR count). The Kier molecular flexibility index (Phi) is 18.3. The Morgan fingerprint density at radius 2 is 0.602 bits per heavy atom. The van der Waals surface area contributed by atoms with Gasteiger partial charge in [0, 0.05) is 158 Å². The number of benzene rings is 8. The number of aryl methyl sites for hydroxylation is 16. The van der Waals surface area contributed by atoms with Crippen molar-refractivity contribution in [3.8, 4) is 89.7 Å². The SMILES string of the molecule is Cc1cc(-c2c(C)ccc3c2oc2c4c(ccc23)-c2cccnc2C4(C)C)[n+](C)cc1C.Cc1cc(-c2c(C)ccc3c2oc2cc4c(cc23)-c2cccnc2C4(C)C)[n+](C)cc1C.Cc1cc(-c2c(C)ccc3c2oc2cc4c(cc23)C(C)(C)c2ncccc2-4)[n+](C)cc1C.Cc1cc(-c2c(C)ccc3c2oc2nc4c(cc23)C(C)(C)c2ccccc2-4)[n+](C)cc1C. The summed E-state index contributed by atoms with van der Waals surface area (Å²) in [4.78, 5) is 19.3. The second-order valence-electron chi connectivity index (χ2n) is 39.1. The quantitative estimate of drug-likeness (QED) is 0.160. The maximum atomic E-state index is 6.81. The van der Waals surface area contributed by atoms with Crippen LogP contribution in [0.1, 0.15) is 167 Å². The largest absolute Gasteiger partial charge is 0.455 e. The zero-order valence-corrected chi connectivity index (χ0v) is 78.0. The van der Waals surface area contributed by atoms with E-state index in [0.717, 1.165) is 89.3 Å². The lowest BCUT2D eigenvalue weighted by atomic mass is 9.82. The molecule has 12 heteroatoms. The second-order valence-corrected chi connectivity index (χ2v) is 39.1. The number of rotatable bonds is 4. The van der Waals surface area contributed by atoms with Crippen molar-refractivity contribution in [2.24, 2.45) is 28.2 Å². The van der Waals surface area contributed by atoms with Gasteiger partial charge in [0.05, 0.1) is 45.0 Å². The topological polar surface area (TPSA) is 120 Å². The van der Waals surface area contributed by atoms with Crippen LogP contribution in [-0.2, 0) is 49.9 Å². The van der Waals surface area contributed by atoms with Crippen molar-refractivity contribution in [3.63, 3.8) is 0 Å². The minimum absolute atomic E-state index is 0.0786. The van der Waals surface area contributed by atoms with Crippen LogP contribution in [0.2, 0.25) is 0 Å². The number of fused-ring (bicyclic) bond motifs is 25. The van der Waals surface area contributed by atoms with Gasteiger partial charge in [-0.2, -0.15) is 0 Å². The molecule has 0 atom stereocenters. The predicted octanol–water partition coefficient (Wildman–Crippen LogP) is 26.8. The third-order valence-electron chi connectivity index (χ3n) is 29.4. The summed E-state index contributed by atoms with van der Waals surface area (Å²) < 4.78 is 35.4. The molecule has 0 amide bonds. The summed E-state index contributed by atoms with van der Waals surface area (Å²) >= 11 is 0. The summed E-state index contributed by atoms with van der Waals surface area (Å²) in [5.74, 6) is 0. The molecule has 0 N–H and O–H groups in total. The molecule has 4 aliphatic carbocycles. The number of furan rings is 4. The fourth-order valence-corrected chi connectivity index (χ4v) is 21.8. The highest BCUT2D eigenvalue weighted by Crippen LogP contribution is 2.57. The number of nitrogens with zero attached hydrogens (tertiary/aromatic N) is 8. The van der Waals surface area contributed by atoms with E-state index in [4.69, 9.17) is 37.6 Å². The maximum Gasteiger partial charge on any atom is 0.227 e. The van der Waals surface area contributed by atoms with Crippen molar-refractivity contribution < 1.29 is 35.9 Å². The van der Waals surface area contributed by atoms with Gasteiger partial charge in [0.15, 0.2) is 30.4 Å². The third kappa shape index (κ3) is 12.0. The van der Waals surface area contributed by atoms with Gasteiger partial charge in [0.2, 0.25) is 28.5 Å².